The fraction of sp³-hybridized carbons (Fsp3) is 0.846. The molecule has 0 aromatic carbocycles. The first kappa shape index (κ1) is 15.9. The number of unbranched alkanes of at least 4 members (excludes halogenated alkanes) is 2. The van der Waals surface area contributed by atoms with Crippen LogP contribution in [0.25, 0.3) is 0 Å². The Morgan fingerprint density at radius 3 is 2.29 bits per heavy atom. The van der Waals surface area contributed by atoms with Crippen molar-refractivity contribution < 1.29 is 14.3 Å². The van der Waals surface area contributed by atoms with Crippen LogP contribution in [-0.2, 0) is 14.3 Å². The Kier molecular flexibility index (Phi) is 8.46. The topological polar surface area (TPSA) is 55.4 Å². The largest absolute Gasteiger partial charge is 0.464 e. The Morgan fingerprint density at radius 1 is 1.18 bits per heavy atom. The molecule has 4 heteroatoms. The third-order valence-corrected chi connectivity index (χ3v) is 2.53. The number of hydrogen-bond donors (Lipinski definition) is 1. The number of carbonyl (C=O) groups is 2. The van der Waals surface area contributed by atoms with Crippen molar-refractivity contribution in [3.63, 3.8) is 0 Å². The molecular formula is C13H25NO3. The molecule has 1 N–H and O–H groups in total. The fourth-order valence-electron chi connectivity index (χ4n) is 1.51. The minimum atomic E-state index is -0.524. The van der Waals surface area contributed by atoms with Crippen LogP contribution in [0.4, 0.5) is 0 Å². The van der Waals surface area contributed by atoms with Crippen molar-refractivity contribution in [1.82, 2.24) is 5.32 Å². The van der Waals surface area contributed by atoms with Crippen LogP contribution < -0.4 is 5.32 Å². The van der Waals surface area contributed by atoms with Gasteiger partial charge < -0.3 is 10.1 Å². The predicted octanol–water partition coefficient (Wildman–Crippen LogP) is 2.27. The number of carbonyl (C=O) groups excluding carboxylic acids is 2. The standard InChI is InChI=1S/C13H25NO3/c1-5-7-8-9-11(15)14-12(10(3)4)13(16)17-6-2/h10,12H,5-9H2,1-4H3,(H,14,15)/t12-/m0/s1. The van der Waals surface area contributed by atoms with Crippen molar-refractivity contribution in [3.8, 4) is 0 Å². The van der Waals surface area contributed by atoms with Crippen molar-refractivity contribution in [2.75, 3.05) is 6.61 Å². The van der Waals surface area contributed by atoms with Gasteiger partial charge in [0.1, 0.15) is 6.04 Å². The molecular weight excluding hydrogens is 218 g/mol. The van der Waals surface area contributed by atoms with Gasteiger partial charge in [0.15, 0.2) is 0 Å². The Bertz CT molecular complexity index is 239. The molecule has 0 unspecified atom stereocenters. The summed E-state index contributed by atoms with van der Waals surface area (Å²) in [6, 6.07) is -0.524. The van der Waals surface area contributed by atoms with Gasteiger partial charge in [-0.3, -0.25) is 4.79 Å². The van der Waals surface area contributed by atoms with E-state index in [1.165, 1.54) is 0 Å². The Morgan fingerprint density at radius 2 is 1.82 bits per heavy atom. The van der Waals surface area contributed by atoms with Crippen molar-refractivity contribution in [2.45, 2.75) is 59.4 Å². The quantitative estimate of drug-likeness (QED) is 0.525. The lowest BCUT2D eigenvalue weighted by molar-refractivity contribution is -0.148. The van der Waals surface area contributed by atoms with E-state index in [0.29, 0.717) is 13.0 Å². The molecule has 4 nitrogen and oxygen atoms in total. The lowest BCUT2D eigenvalue weighted by Crippen LogP contribution is -2.45. The van der Waals surface area contributed by atoms with E-state index in [2.05, 4.69) is 12.2 Å². The van der Waals surface area contributed by atoms with E-state index < -0.39 is 6.04 Å². The monoisotopic (exact) mass is 243 g/mol. The zero-order chi connectivity index (χ0) is 13.3. The normalized spacial score (nSPS) is 12.3. The van der Waals surface area contributed by atoms with Crippen molar-refractivity contribution in [1.29, 1.82) is 0 Å². The van der Waals surface area contributed by atoms with Crippen LogP contribution in [0.15, 0.2) is 0 Å². The molecule has 0 saturated heterocycles. The van der Waals surface area contributed by atoms with E-state index in [-0.39, 0.29) is 17.8 Å². The van der Waals surface area contributed by atoms with Crippen LogP contribution in [0, 0.1) is 5.92 Å². The molecule has 0 bridgehead atoms. The van der Waals surface area contributed by atoms with Crippen LogP contribution in [0.1, 0.15) is 53.4 Å². The van der Waals surface area contributed by atoms with E-state index in [9.17, 15) is 9.59 Å². The summed E-state index contributed by atoms with van der Waals surface area (Å²) in [4.78, 5) is 23.2. The molecule has 0 heterocycles. The van der Waals surface area contributed by atoms with Gasteiger partial charge in [0.2, 0.25) is 5.91 Å². The Labute approximate surface area is 104 Å². The maximum absolute atomic E-state index is 11.6. The van der Waals surface area contributed by atoms with Gasteiger partial charge >= 0.3 is 5.97 Å². The molecule has 0 aliphatic rings. The van der Waals surface area contributed by atoms with Crippen LogP contribution >= 0.6 is 0 Å². The van der Waals surface area contributed by atoms with E-state index in [4.69, 9.17) is 4.74 Å². The summed E-state index contributed by atoms with van der Waals surface area (Å²) in [6.45, 7) is 7.99. The van der Waals surface area contributed by atoms with Crippen LogP contribution in [0.3, 0.4) is 0 Å². The van der Waals surface area contributed by atoms with Crippen molar-refractivity contribution >= 4 is 11.9 Å². The molecule has 0 spiro atoms. The number of amides is 1. The second-order valence-corrected chi connectivity index (χ2v) is 4.50. The van der Waals surface area contributed by atoms with Crippen molar-refractivity contribution in [2.24, 2.45) is 5.92 Å². The summed E-state index contributed by atoms with van der Waals surface area (Å²) in [5.41, 5.74) is 0. The number of hydrogen-bond acceptors (Lipinski definition) is 3. The molecule has 0 aromatic heterocycles. The first-order valence-corrected chi connectivity index (χ1v) is 6.48. The third kappa shape index (κ3) is 6.97. The Balaban J connectivity index is 4.15. The minimum Gasteiger partial charge on any atom is -0.464 e. The highest BCUT2D eigenvalue weighted by atomic mass is 16.5. The lowest BCUT2D eigenvalue weighted by atomic mass is 10.0. The molecule has 0 aliphatic carbocycles. The molecule has 1 amide bonds. The molecule has 0 aliphatic heterocycles. The molecule has 0 aromatic rings. The molecule has 0 fully saturated rings. The summed E-state index contributed by atoms with van der Waals surface area (Å²) in [5.74, 6) is -0.360. The number of esters is 1. The molecule has 0 rings (SSSR count). The molecule has 0 saturated carbocycles. The van der Waals surface area contributed by atoms with Gasteiger partial charge in [-0.05, 0) is 19.3 Å². The summed E-state index contributed by atoms with van der Waals surface area (Å²) >= 11 is 0. The summed E-state index contributed by atoms with van der Waals surface area (Å²) < 4.78 is 4.94. The molecule has 17 heavy (non-hydrogen) atoms. The van der Waals surface area contributed by atoms with Crippen LogP contribution in [0.5, 0.6) is 0 Å². The van der Waals surface area contributed by atoms with Gasteiger partial charge in [-0.25, -0.2) is 4.79 Å². The molecule has 0 radical (unpaired) electrons. The minimum absolute atomic E-state index is 0.0455. The molecule has 1 atom stereocenters. The molecule has 100 valence electrons. The van der Waals surface area contributed by atoms with Gasteiger partial charge in [-0.15, -0.1) is 0 Å². The van der Waals surface area contributed by atoms with Gasteiger partial charge in [0, 0.05) is 6.42 Å². The average molecular weight is 243 g/mol. The maximum Gasteiger partial charge on any atom is 0.328 e. The number of ether oxygens (including phenoxy) is 1. The Hall–Kier alpha value is -1.06. The number of rotatable bonds is 8. The van der Waals surface area contributed by atoms with E-state index in [0.717, 1.165) is 19.3 Å². The third-order valence-electron chi connectivity index (χ3n) is 2.53. The zero-order valence-electron chi connectivity index (χ0n) is 11.4. The smallest absolute Gasteiger partial charge is 0.328 e. The maximum atomic E-state index is 11.6. The first-order chi connectivity index (χ1) is 8.02. The first-order valence-electron chi connectivity index (χ1n) is 6.48. The zero-order valence-corrected chi connectivity index (χ0v) is 11.4. The summed E-state index contributed by atoms with van der Waals surface area (Å²) in [6.07, 6.45) is 3.48. The van der Waals surface area contributed by atoms with Gasteiger partial charge in [-0.2, -0.15) is 0 Å². The van der Waals surface area contributed by atoms with Gasteiger partial charge in [0.05, 0.1) is 6.61 Å². The second-order valence-electron chi connectivity index (χ2n) is 4.50. The van der Waals surface area contributed by atoms with Crippen molar-refractivity contribution in [3.05, 3.63) is 0 Å². The highest BCUT2D eigenvalue weighted by Gasteiger charge is 2.24. The average Bonchev–Trinajstić information content (AvgIpc) is 2.26. The van der Waals surface area contributed by atoms with E-state index in [1.807, 2.05) is 13.8 Å². The van der Waals surface area contributed by atoms with E-state index in [1.54, 1.807) is 6.92 Å². The van der Waals surface area contributed by atoms with E-state index >= 15 is 0 Å². The van der Waals surface area contributed by atoms with Crippen LogP contribution in [0.2, 0.25) is 0 Å². The highest BCUT2D eigenvalue weighted by Crippen LogP contribution is 2.06. The SMILES string of the molecule is CCCCCC(=O)N[C@H](C(=O)OCC)C(C)C. The summed E-state index contributed by atoms with van der Waals surface area (Å²) in [5, 5.41) is 2.75. The fourth-order valence-corrected chi connectivity index (χ4v) is 1.51. The predicted molar refractivity (Wildman–Crippen MR) is 67.5 cm³/mol. The second kappa shape index (κ2) is 9.02. The number of nitrogens with one attached hydrogen (secondary N) is 1. The van der Waals surface area contributed by atoms with Gasteiger partial charge in [-0.1, -0.05) is 33.6 Å². The summed E-state index contributed by atoms with van der Waals surface area (Å²) in [7, 11) is 0. The van der Waals surface area contributed by atoms with Crippen LogP contribution in [-0.4, -0.2) is 24.5 Å². The lowest BCUT2D eigenvalue weighted by Gasteiger charge is -2.20. The van der Waals surface area contributed by atoms with Gasteiger partial charge in [0.25, 0.3) is 0 Å². The highest BCUT2D eigenvalue weighted by molar-refractivity contribution is 5.84.